The number of amides is 3. The number of hydrogen-bond donors (Lipinski definition) is 4. The lowest BCUT2D eigenvalue weighted by atomic mass is 10.1. The third kappa shape index (κ3) is 7.15. The molecule has 0 saturated carbocycles. The van der Waals surface area contributed by atoms with E-state index in [1.54, 1.807) is 0 Å². The Morgan fingerprint density at radius 2 is 1.62 bits per heavy atom. The lowest BCUT2D eigenvalue weighted by Crippen LogP contribution is -2.36. The van der Waals surface area contributed by atoms with E-state index in [1.165, 1.54) is 11.8 Å². The summed E-state index contributed by atoms with van der Waals surface area (Å²) in [5, 5.41) is 8.47. The molecule has 0 spiro atoms. The van der Waals surface area contributed by atoms with E-state index in [9.17, 15) is 14.4 Å². The Labute approximate surface area is 174 Å². The van der Waals surface area contributed by atoms with Gasteiger partial charge in [-0.05, 0) is 44.0 Å². The molecule has 0 fully saturated rings. The molecule has 0 radical (unpaired) electrons. The second kappa shape index (κ2) is 10.5. The molecule has 0 aromatic heterocycles. The molecule has 154 valence electrons. The number of thioether (sulfide) groups is 1. The van der Waals surface area contributed by atoms with Crippen LogP contribution in [0.5, 0.6) is 0 Å². The molecule has 0 aliphatic heterocycles. The van der Waals surface area contributed by atoms with Gasteiger partial charge in [-0.1, -0.05) is 29.8 Å². The number of para-hydroxylation sites is 1. The number of aryl methyl sites for hydroxylation is 3. The molecule has 29 heavy (non-hydrogen) atoms. The Morgan fingerprint density at radius 1 is 0.966 bits per heavy atom. The van der Waals surface area contributed by atoms with Gasteiger partial charge in [0.25, 0.3) is 0 Å². The highest BCUT2D eigenvalue weighted by Crippen LogP contribution is 2.26. The summed E-state index contributed by atoms with van der Waals surface area (Å²) < 4.78 is 0. The highest BCUT2D eigenvalue weighted by molar-refractivity contribution is 8.00. The van der Waals surface area contributed by atoms with Crippen LogP contribution < -0.4 is 21.7 Å². The van der Waals surface area contributed by atoms with E-state index in [0.717, 1.165) is 33.0 Å². The number of carbonyl (C=O) groups is 3. The molecule has 0 unspecified atom stereocenters. The maximum Gasteiger partial charge on any atom is 0.243 e. The number of primary amides is 1. The lowest BCUT2D eigenvalue weighted by Gasteiger charge is -2.14. The van der Waals surface area contributed by atoms with E-state index in [0.29, 0.717) is 0 Å². The number of hydrogen-bond acceptors (Lipinski definition) is 5. The highest BCUT2D eigenvalue weighted by atomic mass is 32.2. The summed E-state index contributed by atoms with van der Waals surface area (Å²) in [7, 11) is 0. The van der Waals surface area contributed by atoms with Gasteiger partial charge >= 0.3 is 0 Å². The molecule has 7 nitrogen and oxygen atoms in total. The molecular formula is C21H26N4O3S. The predicted octanol–water partition coefficient (Wildman–Crippen LogP) is 2.36. The molecule has 0 aliphatic rings. The Balaban J connectivity index is 1.83. The van der Waals surface area contributed by atoms with Gasteiger partial charge in [-0.2, -0.15) is 0 Å². The minimum absolute atomic E-state index is 0.00398. The summed E-state index contributed by atoms with van der Waals surface area (Å²) >= 11 is 1.30. The minimum atomic E-state index is -0.410. The first kappa shape index (κ1) is 22.3. The second-order valence-corrected chi connectivity index (χ2v) is 7.72. The summed E-state index contributed by atoms with van der Waals surface area (Å²) in [4.78, 5) is 36.1. The monoisotopic (exact) mass is 414 g/mol. The van der Waals surface area contributed by atoms with Gasteiger partial charge in [0.05, 0.1) is 18.8 Å². The van der Waals surface area contributed by atoms with Gasteiger partial charge in [-0.3, -0.25) is 14.4 Å². The maximum atomic E-state index is 12.2. The molecule has 0 saturated heterocycles. The lowest BCUT2D eigenvalue weighted by molar-refractivity contribution is -0.122. The average Bonchev–Trinajstić information content (AvgIpc) is 2.66. The molecule has 0 heterocycles. The van der Waals surface area contributed by atoms with E-state index in [4.69, 9.17) is 5.73 Å². The van der Waals surface area contributed by atoms with Crippen LogP contribution in [0, 0.1) is 20.8 Å². The van der Waals surface area contributed by atoms with Crippen molar-refractivity contribution in [3.05, 3.63) is 53.1 Å². The molecule has 2 aromatic carbocycles. The van der Waals surface area contributed by atoms with Crippen LogP contribution in [0.25, 0.3) is 0 Å². The predicted molar refractivity (Wildman–Crippen MR) is 117 cm³/mol. The van der Waals surface area contributed by atoms with Crippen LogP contribution >= 0.6 is 11.8 Å². The van der Waals surface area contributed by atoms with Gasteiger partial charge in [0.15, 0.2) is 0 Å². The highest BCUT2D eigenvalue weighted by Gasteiger charge is 2.11. The summed E-state index contributed by atoms with van der Waals surface area (Å²) in [6, 6.07) is 11.3. The van der Waals surface area contributed by atoms with Gasteiger partial charge in [0, 0.05) is 16.3 Å². The van der Waals surface area contributed by atoms with Crippen LogP contribution in [0.1, 0.15) is 16.7 Å². The maximum absolute atomic E-state index is 12.2. The van der Waals surface area contributed by atoms with Crippen molar-refractivity contribution < 1.29 is 14.4 Å². The number of anilines is 2. The summed E-state index contributed by atoms with van der Waals surface area (Å²) in [6.07, 6.45) is 0. The number of carbonyl (C=O) groups excluding carboxylic acids is 3. The van der Waals surface area contributed by atoms with Crippen LogP contribution in [-0.2, 0) is 14.4 Å². The Morgan fingerprint density at radius 3 is 2.28 bits per heavy atom. The number of nitrogens with two attached hydrogens (primary N) is 1. The number of benzene rings is 2. The standard InChI is InChI=1S/C21H26N4O3S/c1-13-8-14(2)21(15(3)9-13)25-20(28)11-24-19(27)10-23-16-6-4-5-7-17(16)29-12-18(22)26/h4-9,23H,10-12H2,1-3H3,(H2,22,26)(H,24,27)(H,25,28). The second-order valence-electron chi connectivity index (χ2n) is 6.70. The Kier molecular flexibility index (Phi) is 8.09. The molecule has 0 bridgehead atoms. The molecular weight excluding hydrogens is 388 g/mol. The zero-order valence-corrected chi connectivity index (χ0v) is 17.6. The zero-order chi connectivity index (χ0) is 21.4. The molecule has 2 aromatic rings. The molecule has 2 rings (SSSR count). The molecule has 0 aliphatic carbocycles. The fraction of sp³-hybridized carbons (Fsp3) is 0.286. The zero-order valence-electron chi connectivity index (χ0n) is 16.8. The van der Waals surface area contributed by atoms with Gasteiger partial charge in [0.2, 0.25) is 17.7 Å². The summed E-state index contributed by atoms with van der Waals surface area (Å²) in [6.45, 7) is 5.76. The van der Waals surface area contributed by atoms with Crippen LogP contribution in [-0.4, -0.2) is 36.6 Å². The Bertz CT molecular complexity index is 892. The fourth-order valence-electron chi connectivity index (χ4n) is 2.87. The van der Waals surface area contributed by atoms with Crippen molar-refractivity contribution in [3.8, 4) is 0 Å². The van der Waals surface area contributed by atoms with Crippen molar-refractivity contribution in [2.24, 2.45) is 5.73 Å². The van der Waals surface area contributed by atoms with Crippen LogP contribution in [0.2, 0.25) is 0 Å². The Hall–Kier alpha value is -3.00. The van der Waals surface area contributed by atoms with E-state index >= 15 is 0 Å². The topological polar surface area (TPSA) is 113 Å². The molecule has 0 atom stereocenters. The van der Waals surface area contributed by atoms with Gasteiger partial charge in [-0.15, -0.1) is 11.8 Å². The summed E-state index contributed by atoms with van der Waals surface area (Å²) in [5.41, 5.74) is 9.77. The third-order valence-corrected chi connectivity index (χ3v) is 5.18. The van der Waals surface area contributed by atoms with E-state index < -0.39 is 5.91 Å². The summed E-state index contributed by atoms with van der Waals surface area (Å²) in [5.74, 6) is -0.853. The minimum Gasteiger partial charge on any atom is -0.375 e. The SMILES string of the molecule is Cc1cc(C)c(NC(=O)CNC(=O)CNc2ccccc2SCC(N)=O)c(C)c1. The van der Waals surface area contributed by atoms with E-state index in [1.807, 2.05) is 57.2 Å². The van der Waals surface area contributed by atoms with Gasteiger partial charge in [-0.25, -0.2) is 0 Å². The van der Waals surface area contributed by atoms with Gasteiger partial charge in [0.1, 0.15) is 0 Å². The van der Waals surface area contributed by atoms with Crippen molar-refractivity contribution in [3.63, 3.8) is 0 Å². The van der Waals surface area contributed by atoms with Crippen molar-refractivity contribution in [1.82, 2.24) is 5.32 Å². The smallest absolute Gasteiger partial charge is 0.243 e. The molecule has 5 N–H and O–H groups in total. The van der Waals surface area contributed by atoms with Gasteiger partial charge < -0.3 is 21.7 Å². The average molecular weight is 415 g/mol. The normalized spacial score (nSPS) is 10.3. The quantitative estimate of drug-likeness (QED) is 0.471. The van der Waals surface area contributed by atoms with Crippen molar-refractivity contribution in [2.75, 3.05) is 29.5 Å². The molecule has 3 amide bonds. The number of nitrogens with one attached hydrogen (secondary N) is 3. The fourth-order valence-corrected chi connectivity index (χ4v) is 3.63. The van der Waals surface area contributed by atoms with E-state index in [2.05, 4.69) is 16.0 Å². The third-order valence-electron chi connectivity index (χ3n) is 4.08. The van der Waals surface area contributed by atoms with Crippen molar-refractivity contribution in [1.29, 1.82) is 0 Å². The first-order valence-electron chi connectivity index (χ1n) is 9.14. The first-order valence-corrected chi connectivity index (χ1v) is 10.1. The van der Waals surface area contributed by atoms with E-state index in [-0.39, 0.29) is 30.7 Å². The molecule has 8 heteroatoms. The van der Waals surface area contributed by atoms with Crippen LogP contribution in [0.4, 0.5) is 11.4 Å². The van der Waals surface area contributed by atoms with Crippen LogP contribution in [0.3, 0.4) is 0 Å². The first-order chi connectivity index (χ1) is 13.8. The number of rotatable bonds is 9. The van der Waals surface area contributed by atoms with Crippen molar-refractivity contribution in [2.45, 2.75) is 25.7 Å². The van der Waals surface area contributed by atoms with Crippen LogP contribution in [0.15, 0.2) is 41.3 Å². The van der Waals surface area contributed by atoms with Crippen molar-refractivity contribution >= 4 is 40.9 Å². The largest absolute Gasteiger partial charge is 0.375 e.